The van der Waals surface area contributed by atoms with Crippen LogP contribution in [0.15, 0.2) is 23.6 Å². The molecule has 0 N–H and O–H groups in total. The van der Waals surface area contributed by atoms with E-state index in [1.165, 1.54) is 18.0 Å². The van der Waals surface area contributed by atoms with Gasteiger partial charge < -0.3 is 9.94 Å². The van der Waals surface area contributed by atoms with E-state index in [1.807, 2.05) is 13.2 Å². The molecule has 0 aliphatic rings. The van der Waals surface area contributed by atoms with Gasteiger partial charge in [-0.2, -0.15) is 4.73 Å². The zero-order chi connectivity index (χ0) is 12.4. The Morgan fingerprint density at radius 2 is 2.29 bits per heavy atom. The zero-order valence-electron chi connectivity index (χ0n) is 9.88. The Morgan fingerprint density at radius 1 is 1.53 bits per heavy atom. The van der Waals surface area contributed by atoms with Crippen LogP contribution in [0.2, 0.25) is 0 Å². The molecule has 2 heterocycles. The first-order valence-electron chi connectivity index (χ1n) is 5.12. The molecule has 0 aromatic carbocycles. The Labute approximate surface area is 103 Å². The van der Waals surface area contributed by atoms with Gasteiger partial charge in [-0.15, -0.1) is 0 Å². The van der Waals surface area contributed by atoms with Gasteiger partial charge in [0.25, 0.3) is 0 Å². The molecule has 5 nitrogen and oxygen atoms in total. The van der Waals surface area contributed by atoms with E-state index in [0.29, 0.717) is 16.4 Å². The molecule has 0 bridgehead atoms. The van der Waals surface area contributed by atoms with Gasteiger partial charge in [0, 0.05) is 24.8 Å². The lowest BCUT2D eigenvalue weighted by atomic mass is 10.2. The van der Waals surface area contributed by atoms with E-state index in [4.69, 9.17) is 4.74 Å². The van der Waals surface area contributed by atoms with Gasteiger partial charge in [0.1, 0.15) is 11.6 Å². The highest BCUT2D eigenvalue weighted by molar-refractivity contribution is 7.98. The van der Waals surface area contributed by atoms with Crippen LogP contribution in [0, 0.1) is 5.21 Å². The van der Waals surface area contributed by atoms with Crippen molar-refractivity contribution in [1.82, 2.24) is 9.97 Å². The van der Waals surface area contributed by atoms with Crippen LogP contribution in [0.1, 0.15) is 18.7 Å². The summed E-state index contributed by atoms with van der Waals surface area (Å²) in [6.45, 7) is 1.83. The molecule has 0 fully saturated rings. The summed E-state index contributed by atoms with van der Waals surface area (Å²) < 4.78 is 5.94. The maximum absolute atomic E-state index is 11.8. The Bertz CT molecular complexity index is 547. The van der Waals surface area contributed by atoms with Gasteiger partial charge in [-0.1, -0.05) is 11.8 Å². The van der Waals surface area contributed by atoms with Crippen molar-refractivity contribution in [2.75, 3.05) is 13.4 Å². The fraction of sp³-hybridized carbons (Fsp3) is 0.364. The maximum atomic E-state index is 11.8. The monoisotopic (exact) mass is 251 g/mol. The smallest absolute Gasteiger partial charge is 0.222 e. The van der Waals surface area contributed by atoms with E-state index >= 15 is 0 Å². The van der Waals surface area contributed by atoms with Crippen LogP contribution in [-0.4, -0.2) is 23.3 Å². The van der Waals surface area contributed by atoms with Crippen LogP contribution in [0.25, 0.3) is 10.9 Å². The number of ether oxygens (including phenoxy) is 1. The van der Waals surface area contributed by atoms with Crippen molar-refractivity contribution in [2.24, 2.45) is 0 Å². The lowest BCUT2D eigenvalue weighted by Gasteiger charge is -2.10. The summed E-state index contributed by atoms with van der Waals surface area (Å²) in [5, 5.41) is 13.3. The Kier molecular flexibility index (Phi) is 3.44. The molecule has 0 amide bonds. The number of hydrogen-bond acceptors (Lipinski definition) is 5. The molecule has 2 aromatic heterocycles. The summed E-state index contributed by atoms with van der Waals surface area (Å²) in [5.74, 6) is 0. The summed E-state index contributed by atoms with van der Waals surface area (Å²) in [4.78, 5) is 8.45. The van der Waals surface area contributed by atoms with Crippen molar-refractivity contribution < 1.29 is 9.47 Å². The first-order valence-corrected chi connectivity index (χ1v) is 6.35. The standard InChI is InChI=1S/C11H13N3O2S/c1-7(16-2)10-4-8-5-12-11(17-3)13-9(8)6-14(10)15/h4-7H,1-3H3/t7-/m1/s1. The molecule has 0 saturated heterocycles. The number of hydrogen-bond donors (Lipinski definition) is 0. The van der Waals surface area contributed by atoms with Gasteiger partial charge >= 0.3 is 0 Å². The Morgan fingerprint density at radius 3 is 2.94 bits per heavy atom. The van der Waals surface area contributed by atoms with E-state index in [-0.39, 0.29) is 6.10 Å². The fourth-order valence-corrected chi connectivity index (χ4v) is 1.87. The quantitative estimate of drug-likeness (QED) is 0.359. The largest absolute Gasteiger partial charge is 0.618 e. The predicted octanol–water partition coefficient (Wildman–Crippen LogP) is 1.69. The molecule has 0 saturated carbocycles. The second-order valence-corrected chi connectivity index (χ2v) is 4.37. The minimum atomic E-state index is -0.253. The molecule has 0 aliphatic heterocycles. The molecular formula is C11H13N3O2S. The van der Waals surface area contributed by atoms with Crippen LogP contribution in [0.5, 0.6) is 0 Å². The van der Waals surface area contributed by atoms with E-state index in [0.717, 1.165) is 10.1 Å². The minimum absolute atomic E-state index is 0.253. The zero-order valence-corrected chi connectivity index (χ0v) is 10.7. The third kappa shape index (κ3) is 2.32. The molecule has 1 atom stereocenters. The number of fused-ring (bicyclic) bond motifs is 1. The summed E-state index contributed by atoms with van der Waals surface area (Å²) in [7, 11) is 1.57. The molecular weight excluding hydrogens is 238 g/mol. The molecule has 0 unspecified atom stereocenters. The van der Waals surface area contributed by atoms with Crippen molar-refractivity contribution in [2.45, 2.75) is 18.2 Å². The summed E-state index contributed by atoms with van der Waals surface area (Å²) in [5.41, 5.74) is 1.20. The highest BCUT2D eigenvalue weighted by Gasteiger charge is 2.16. The maximum Gasteiger partial charge on any atom is 0.222 e. The third-order valence-corrected chi connectivity index (χ3v) is 3.14. The van der Waals surface area contributed by atoms with Crippen LogP contribution in [0.3, 0.4) is 0 Å². The van der Waals surface area contributed by atoms with Crippen molar-refractivity contribution in [1.29, 1.82) is 0 Å². The van der Waals surface area contributed by atoms with Crippen LogP contribution >= 0.6 is 11.8 Å². The highest BCUT2D eigenvalue weighted by atomic mass is 32.2. The number of nitrogens with zero attached hydrogens (tertiary/aromatic N) is 3. The molecule has 2 rings (SSSR count). The van der Waals surface area contributed by atoms with E-state index in [9.17, 15) is 5.21 Å². The molecule has 2 aromatic rings. The molecule has 0 spiro atoms. The minimum Gasteiger partial charge on any atom is -0.618 e. The van der Waals surface area contributed by atoms with E-state index in [1.54, 1.807) is 19.4 Å². The number of pyridine rings is 1. The van der Waals surface area contributed by atoms with Crippen LogP contribution < -0.4 is 4.73 Å². The van der Waals surface area contributed by atoms with Gasteiger partial charge in [0.05, 0.1) is 0 Å². The molecule has 90 valence electrons. The average Bonchev–Trinajstić information content (AvgIpc) is 2.36. The second-order valence-electron chi connectivity index (χ2n) is 3.60. The topological polar surface area (TPSA) is 62.0 Å². The van der Waals surface area contributed by atoms with E-state index < -0.39 is 0 Å². The molecule has 0 radical (unpaired) electrons. The Hall–Kier alpha value is -1.40. The lowest BCUT2D eigenvalue weighted by Crippen LogP contribution is -2.33. The van der Waals surface area contributed by atoms with Gasteiger partial charge in [-0.25, -0.2) is 9.97 Å². The third-order valence-electron chi connectivity index (χ3n) is 2.58. The molecule has 0 aliphatic carbocycles. The number of aromatic nitrogens is 3. The van der Waals surface area contributed by atoms with Gasteiger partial charge in [0.15, 0.2) is 5.16 Å². The van der Waals surface area contributed by atoms with Gasteiger partial charge in [-0.05, 0) is 13.2 Å². The number of thioether (sulfide) groups is 1. The first kappa shape index (κ1) is 12.1. The summed E-state index contributed by atoms with van der Waals surface area (Å²) >= 11 is 1.45. The van der Waals surface area contributed by atoms with Crippen molar-refractivity contribution in [3.05, 3.63) is 29.4 Å². The lowest BCUT2D eigenvalue weighted by molar-refractivity contribution is -0.617. The van der Waals surface area contributed by atoms with E-state index in [2.05, 4.69) is 9.97 Å². The van der Waals surface area contributed by atoms with Crippen molar-refractivity contribution >= 4 is 22.7 Å². The summed E-state index contributed by atoms with van der Waals surface area (Å²) in [6, 6.07) is 1.76. The summed E-state index contributed by atoms with van der Waals surface area (Å²) in [6.07, 6.45) is 4.83. The normalized spacial score (nSPS) is 12.9. The number of methoxy groups -OCH3 is 1. The highest BCUT2D eigenvalue weighted by Crippen LogP contribution is 2.18. The first-order chi connectivity index (χ1) is 8.15. The van der Waals surface area contributed by atoms with Crippen molar-refractivity contribution in [3.63, 3.8) is 0 Å². The molecule has 17 heavy (non-hydrogen) atoms. The van der Waals surface area contributed by atoms with Gasteiger partial charge in [0.2, 0.25) is 11.9 Å². The Balaban J connectivity index is 2.58. The van der Waals surface area contributed by atoms with Crippen LogP contribution in [-0.2, 0) is 4.74 Å². The molecule has 6 heteroatoms. The average molecular weight is 251 g/mol. The number of rotatable bonds is 3. The predicted molar refractivity (Wildman–Crippen MR) is 65.7 cm³/mol. The SMILES string of the molecule is CO[C@H](C)c1cc2cnc(SC)nc2c[n+]1[O-]. The fourth-order valence-electron chi connectivity index (χ4n) is 1.53. The van der Waals surface area contributed by atoms with Crippen molar-refractivity contribution in [3.8, 4) is 0 Å². The van der Waals surface area contributed by atoms with Crippen LogP contribution in [0.4, 0.5) is 0 Å². The second kappa shape index (κ2) is 4.85. The van der Waals surface area contributed by atoms with Gasteiger partial charge in [-0.3, -0.25) is 0 Å².